The van der Waals surface area contributed by atoms with Crippen LogP contribution < -0.4 is 4.90 Å². The van der Waals surface area contributed by atoms with Gasteiger partial charge in [0.2, 0.25) is 5.95 Å². The summed E-state index contributed by atoms with van der Waals surface area (Å²) >= 11 is 0. The first kappa shape index (κ1) is 17.6. The van der Waals surface area contributed by atoms with Gasteiger partial charge in [-0.1, -0.05) is 18.2 Å². The second kappa shape index (κ2) is 7.48. The van der Waals surface area contributed by atoms with E-state index in [9.17, 15) is 5.11 Å². The number of anilines is 1. The smallest absolute Gasteiger partial charge is 0.228 e. The van der Waals surface area contributed by atoms with Crippen LogP contribution in [0.5, 0.6) is 5.75 Å². The molecule has 1 N–H and O–H groups in total. The molecule has 3 aromatic heterocycles. The van der Waals surface area contributed by atoms with Gasteiger partial charge in [-0.05, 0) is 23.8 Å². The first-order chi connectivity index (χ1) is 14.3. The molecule has 4 aromatic rings. The van der Waals surface area contributed by atoms with Gasteiger partial charge in [-0.3, -0.25) is 4.98 Å². The van der Waals surface area contributed by atoms with Gasteiger partial charge in [0.25, 0.3) is 0 Å². The summed E-state index contributed by atoms with van der Waals surface area (Å²) < 4.78 is 7.34. The summed E-state index contributed by atoms with van der Waals surface area (Å²) in [5.41, 5.74) is 3.38. The molecule has 0 saturated carbocycles. The molecule has 8 nitrogen and oxygen atoms in total. The Morgan fingerprint density at radius 2 is 1.93 bits per heavy atom. The summed E-state index contributed by atoms with van der Waals surface area (Å²) in [6, 6.07) is 11.0. The molecule has 0 unspecified atom stereocenters. The van der Waals surface area contributed by atoms with Gasteiger partial charge in [0.1, 0.15) is 5.75 Å². The zero-order valence-corrected chi connectivity index (χ0v) is 15.8. The number of rotatable bonds is 4. The summed E-state index contributed by atoms with van der Waals surface area (Å²) in [6.07, 6.45) is 5.37. The summed E-state index contributed by atoms with van der Waals surface area (Å²) in [5, 5.41) is 15.4. The van der Waals surface area contributed by atoms with Crippen LogP contribution in [0.2, 0.25) is 0 Å². The van der Waals surface area contributed by atoms with Crippen molar-refractivity contribution in [3.05, 3.63) is 60.6 Å². The van der Waals surface area contributed by atoms with Gasteiger partial charge in [0, 0.05) is 31.0 Å². The quantitative estimate of drug-likeness (QED) is 0.574. The molecule has 1 fully saturated rings. The van der Waals surface area contributed by atoms with Crippen LogP contribution in [-0.2, 0) is 11.3 Å². The number of hydrogen-bond donors (Lipinski definition) is 1. The Labute approximate surface area is 167 Å². The number of phenols is 1. The zero-order chi connectivity index (χ0) is 19.6. The lowest BCUT2D eigenvalue weighted by Crippen LogP contribution is -2.37. The highest BCUT2D eigenvalue weighted by Crippen LogP contribution is 2.30. The predicted molar refractivity (Wildman–Crippen MR) is 109 cm³/mol. The van der Waals surface area contributed by atoms with Crippen LogP contribution in [0.4, 0.5) is 5.95 Å². The molecule has 29 heavy (non-hydrogen) atoms. The molecule has 146 valence electrons. The highest BCUT2D eigenvalue weighted by Gasteiger charge is 2.20. The summed E-state index contributed by atoms with van der Waals surface area (Å²) in [4.78, 5) is 16.0. The summed E-state index contributed by atoms with van der Waals surface area (Å²) in [7, 11) is 0. The minimum atomic E-state index is 0.199. The Bertz CT molecular complexity index is 1140. The fourth-order valence-electron chi connectivity index (χ4n) is 3.50. The number of ether oxygens (including phenoxy) is 1. The van der Waals surface area contributed by atoms with Crippen molar-refractivity contribution in [1.82, 2.24) is 24.7 Å². The maximum Gasteiger partial charge on any atom is 0.228 e. The summed E-state index contributed by atoms with van der Waals surface area (Å²) in [5.74, 6) is 0.844. The Morgan fingerprint density at radius 1 is 1.03 bits per heavy atom. The normalized spacial score (nSPS) is 14.4. The van der Waals surface area contributed by atoms with Crippen molar-refractivity contribution >= 4 is 17.0 Å². The number of nitrogens with zero attached hydrogens (tertiary/aromatic N) is 6. The molecule has 5 rings (SSSR count). The van der Waals surface area contributed by atoms with E-state index < -0.39 is 0 Å². The van der Waals surface area contributed by atoms with E-state index in [-0.39, 0.29) is 5.75 Å². The SMILES string of the molecule is Oc1cccc(-c2nc(N3CCOCC3)nc3c2cnn3Cc2cccnc2)c1. The van der Waals surface area contributed by atoms with E-state index in [1.54, 1.807) is 24.5 Å². The molecule has 1 aliphatic heterocycles. The van der Waals surface area contributed by atoms with E-state index in [0.29, 0.717) is 25.7 Å². The largest absolute Gasteiger partial charge is 0.508 e. The maximum atomic E-state index is 9.97. The molecule has 0 aliphatic carbocycles. The molecule has 0 bridgehead atoms. The molecule has 8 heteroatoms. The monoisotopic (exact) mass is 388 g/mol. The number of morpholine rings is 1. The van der Waals surface area contributed by atoms with Crippen molar-refractivity contribution < 1.29 is 9.84 Å². The van der Waals surface area contributed by atoms with Gasteiger partial charge in [-0.15, -0.1) is 0 Å². The van der Waals surface area contributed by atoms with E-state index in [1.807, 2.05) is 35.1 Å². The van der Waals surface area contributed by atoms with E-state index in [4.69, 9.17) is 14.7 Å². The van der Waals surface area contributed by atoms with Crippen LogP contribution >= 0.6 is 0 Å². The van der Waals surface area contributed by atoms with Gasteiger partial charge < -0.3 is 14.7 Å². The Hall–Kier alpha value is -3.52. The minimum Gasteiger partial charge on any atom is -0.508 e. The number of pyridine rings is 1. The highest BCUT2D eigenvalue weighted by atomic mass is 16.5. The molecule has 1 saturated heterocycles. The molecular weight excluding hydrogens is 368 g/mol. The number of hydrogen-bond acceptors (Lipinski definition) is 7. The Kier molecular flexibility index (Phi) is 4.53. The third-order valence-corrected chi connectivity index (χ3v) is 4.95. The topological polar surface area (TPSA) is 89.2 Å². The second-order valence-corrected chi connectivity index (χ2v) is 6.92. The van der Waals surface area contributed by atoms with Crippen molar-refractivity contribution in [2.45, 2.75) is 6.54 Å². The van der Waals surface area contributed by atoms with E-state index in [2.05, 4.69) is 15.0 Å². The third kappa shape index (κ3) is 3.50. The van der Waals surface area contributed by atoms with Crippen LogP contribution in [0.3, 0.4) is 0 Å². The van der Waals surface area contributed by atoms with Crippen LogP contribution in [0.25, 0.3) is 22.3 Å². The molecule has 0 atom stereocenters. The zero-order valence-electron chi connectivity index (χ0n) is 15.8. The number of fused-ring (bicyclic) bond motifs is 1. The van der Waals surface area contributed by atoms with Crippen LogP contribution in [-0.4, -0.2) is 56.1 Å². The van der Waals surface area contributed by atoms with Crippen LogP contribution in [0.15, 0.2) is 55.0 Å². The van der Waals surface area contributed by atoms with Crippen molar-refractivity contribution in [1.29, 1.82) is 0 Å². The number of aromatic hydroxyl groups is 1. The standard InChI is InChI=1S/C21H20N6O2/c28-17-5-1-4-16(11-17)19-18-13-23-27(14-15-3-2-6-22-12-15)20(18)25-21(24-19)26-7-9-29-10-8-26/h1-6,11-13,28H,7-10,14H2. The second-order valence-electron chi connectivity index (χ2n) is 6.92. The number of aromatic nitrogens is 5. The first-order valence-electron chi connectivity index (χ1n) is 9.52. The molecular formula is C21H20N6O2. The number of phenolic OH excluding ortho intramolecular Hbond substituents is 1. The highest BCUT2D eigenvalue weighted by molar-refractivity contribution is 5.91. The van der Waals surface area contributed by atoms with Gasteiger partial charge >= 0.3 is 0 Å². The van der Waals surface area contributed by atoms with Crippen molar-refractivity contribution in [2.75, 3.05) is 31.2 Å². The molecule has 4 heterocycles. The van der Waals surface area contributed by atoms with Gasteiger partial charge in [-0.2, -0.15) is 10.1 Å². The number of benzene rings is 1. The average molecular weight is 388 g/mol. The molecule has 0 amide bonds. The van der Waals surface area contributed by atoms with Gasteiger partial charge in [-0.25, -0.2) is 9.67 Å². The van der Waals surface area contributed by atoms with Crippen LogP contribution in [0, 0.1) is 0 Å². The lowest BCUT2D eigenvalue weighted by molar-refractivity contribution is 0.122. The predicted octanol–water partition coefficient (Wildman–Crippen LogP) is 2.48. The van der Waals surface area contributed by atoms with Crippen LogP contribution in [0.1, 0.15) is 5.56 Å². The van der Waals surface area contributed by atoms with Crippen molar-refractivity contribution in [3.63, 3.8) is 0 Å². The minimum absolute atomic E-state index is 0.199. The Balaban J connectivity index is 1.66. The molecule has 1 aliphatic rings. The molecule has 1 aromatic carbocycles. The molecule has 0 radical (unpaired) electrons. The third-order valence-electron chi connectivity index (χ3n) is 4.95. The fraction of sp³-hybridized carbons (Fsp3) is 0.238. The lowest BCUT2D eigenvalue weighted by atomic mass is 10.1. The van der Waals surface area contributed by atoms with E-state index >= 15 is 0 Å². The van der Waals surface area contributed by atoms with E-state index in [0.717, 1.165) is 40.9 Å². The first-order valence-corrected chi connectivity index (χ1v) is 9.52. The Morgan fingerprint density at radius 3 is 2.72 bits per heavy atom. The average Bonchev–Trinajstić information content (AvgIpc) is 3.17. The lowest BCUT2D eigenvalue weighted by Gasteiger charge is -2.27. The van der Waals surface area contributed by atoms with Gasteiger partial charge in [0.15, 0.2) is 5.65 Å². The van der Waals surface area contributed by atoms with Crippen molar-refractivity contribution in [3.8, 4) is 17.0 Å². The summed E-state index contributed by atoms with van der Waals surface area (Å²) in [6.45, 7) is 3.34. The molecule has 0 spiro atoms. The van der Waals surface area contributed by atoms with E-state index in [1.165, 1.54) is 0 Å². The maximum absolute atomic E-state index is 9.97. The fourth-order valence-corrected chi connectivity index (χ4v) is 3.50. The van der Waals surface area contributed by atoms with Gasteiger partial charge in [0.05, 0.1) is 37.0 Å². The van der Waals surface area contributed by atoms with Crippen molar-refractivity contribution in [2.24, 2.45) is 0 Å².